The summed E-state index contributed by atoms with van der Waals surface area (Å²) < 4.78 is 32.1. The minimum absolute atomic E-state index is 0.172. The topological polar surface area (TPSA) is 72.9 Å². The molecule has 0 aromatic heterocycles. The van der Waals surface area contributed by atoms with E-state index in [1.54, 1.807) is 0 Å². The van der Waals surface area contributed by atoms with Crippen LogP contribution in [0.3, 0.4) is 0 Å². The molecule has 2 aliphatic heterocycles. The second-order valence-electron chi connectivity index (χ2n) is 5.67. The number of rotatable bonds is 4. The van der Waals surface area contributed by atoms with Crippen molar-refractivity contribution < 1.29 is 22.1 Å². The molecule has 0 saturated carbocycles. The molecule has 20 heavy (non-hydrogen) atoms. The van der Waals surface area contributed by atoms with Gasteiger partial charge in [-0.15, -0.1) is 0 Å². The first kappa shape index (κ1) is 15.7. The van der Waals surface area contributed by atoms with E-state index in [0.717, 1.165) is 38.5 Å². The second-order valence-corrected chi connectivity index (χ2v) is 7.31. The molecule has 2 saturated heterocycles. The minimum atomic E-state index is -3.41. The van der Waals surface area contributed by atoms with Crippen molar-refractivity contribution in [2.45, 2.75) is 44.2 Å². The summed E-state index contributed by atoms with van der Waals surface area (Å²) in [6.07, 6.45) is 5.77. The number of hydrogen-bond donors (Lipinski definition) is 0. The number of hydrogen-bond acceptors (Lipinski definition) is 6. The van der Waals surface area contributed by atoms with Crippen LogP contribution in [0.1, 0.15) is 32.1 Å². The van der Waals surface area contributed by atoms with Crippen LogP contribution in [0.5, 0.6) is 0 Å². The monoisotopic (exact) mass is 305 g/mol. The zero-order valence-electron chi connectivity index (χ0n) is 12.1. The van der Waals surface area contributed by atoms with Crippen molar-refractivity contribution in [1.29, 1.82) is 0 Å². The lowest BCUT2D eigenvalue weighted by Crippen LogP contribution is -2.57. The Morgan fingerprint density at radius 3 is 2.65 bits per heavy atom. The molecular formula is C13H23NO5S. The van der Waals surface area contributed by atoms with E-state index in [-0.39, 0.29) is 30.6 Å². The highest BCUT2D eigenvalue weighted by Gasteiger charge is 2.42. The molecule has 0 N–H and O–H groups in total. The maximum Gasteiger partial charge on any atom is 0.323 e. The van der Waals surface area contributed by atoms with Crippen molar-refractivity contribution in [2.75, 3.05) is 26.5 Å². The van der Waals surface area contributed by atoms with Crippen molar-refractivity contribution in [1.82, 2.24) is 4.90 Å². The maximum absolute atomic E-state index is 11.9. The number of fused-ring (bicyclic) bond motifs is 1. The summed E-state index contributed by atoms with van der Waals surface area (Å²) in [6, 6.07) is 0.0446. The molecule has 0 aromatic carbocycles. The van der Waals surface area contributed by atoms with Gasteiger partial charge in [0.2, 0.25) is 0 Å². The number of piperidine rings is 2. The van der Waals surface area contributed by atoms with Gasteiger partial charge in [0.25, 0.3) is 10.1 Å². The zero-order chi connectivity index (χ0) is 14.8. The molecule has 3 atom stereocenters. The van der Waals surface area contributed by atoms with Gasteiger partial charge in [0.05, 0.1) is 20.0 Å². The van der Waals surface area contributed by atoms with E-state index >= 15 is 0 Å². The first-order valence-corrected chi connectivity index (χ1v) is 8.92. The highest BCUT2D eigenvalue weighted by molar-refractivity contribution is 7.85. The quantitative estimate of drug-likeness (QED) is 0.564. The summed E-state index contributed by atoms with van der Waals surface area (Å²) in [4.78, 5) is 14.0. The third-order valence-corrected chi connectivity index (χ3v) is 4.88. The third-order valence-electron chi connectivity index (χ3n) is 4.32. The Balaban J connectivity index is 2.05. The van der Waals surface area contributed by atoms with Gasteiger partial charge in [0, 0.05) is 6.04 Å². The fourth-order valence-corrected chi connectivity index (χ4v) is 3.82. The van der Waals surface area contributed by atoms with E-state index in [1.165, 1.54) is 7.11 Å². The van der Waals surface area contributed by atoms with Crippen molar-refractivity contribution in [3.05, 3.63) is 0 Å². The fourth-order valence-electron chi connectivity index (χ4n) is 3.40. The molecule has 0 unspecified atom stereocenters. The van der Waals surface area contributed by atoms with Crippen molar-refractivity contribution in [3.63, 3.8) is 0 Å². The Morgan fingerprint density at radius 2 is 2.00 bits per heavy atom. The van der Waals surface area contributed by atoms with Crippen molar-refractivity contribution >= 4 is 16.1 Å². The lowest BCUT2D eigenvalue weighted by molar-refractivity contribution is -0.152. The van der Waals surface area contributed by atoms with Gasteiger partial charge in [-0.1, -0.05) is 6.42 Å². The maximum atomic E-state index is 11.9. The van der Waals surface area contributed by atoms with Crippen LogP contribution in [0.15, 0.2) is 0 Å². The molecule has 2 fully saturated rings. The smallest absolute Gasteiger partial charge is 0.323 e. The van der Waals surface area contributed by atoms with Gasteiger partial charge < -0.3 is 4.74 Å². The van der Waals surface area contributed by atoms with E-state index in [1.807, 2.05) is 0 Å². The molecule has 0 radical (unpaired) electrons. The Kier molecular flexibility index (Phi) is 5.04. The molecule has 2 heterocycles. The molecule has 0 amide bonds. The number of carbonyl (C=O) groups excluding carboxylic acids is 1. The van der Waals surface area contributed by atoms with Crippen LogP contribution in [0, 0.1) is 5.92 Å². The minimum Gasteiger partial charge on any atom is -0.468 e. The van der Waals surface area contributed by atoms with Gasteiger partial charge in [-0.3, -0.25) is 13.9 Å². The highest BCUT2D eigenvalue weighted by Crippen LogP contribution is 2.35. The van der Waals surface area contributed by atoms with Crippen LogP contribution in [0.25, 0.3) is 0 Å². The largest absolute Gasteiger partial charge is 0.468 e. The molecule has 7 heteroatoms. The summed E-state index contributed by atoms with van der Waals surface area (Å²) in [5, 5.41) is 0. The summed E-state index contributed by atoms with van der Waals surface area (Å²) in [6.45, 7) is 1.09. The number of esters is 1. The van der Waals surface area contributed by atoms with Gasteiger partial charge >= 0.3 is 5.97 Å². The summed E-state index contributed by atoms with van der Waals surface area (Å²) >= 11 is 0. The van der Waals surface area contributed by atoms with Crippen molar-refractivity contribution in [3.8, 4) is 0 Å². The van der Waals surface area contributed by atoms with Gasteiger partial charge in [-0.25, -0.2) is 0 Å². The average molecular weight is 305 g/mol. The summed E-state index contributed by atoms with van der Waals surface area (Å²) in [5.74, 6) is -0.00897. The highest BCUT2D eigenvalue weighted by atomic mass is 32.2. The third kappa shape index (κ3) is 3.71. The number of carbonyl (C=O) groups is 1. The van der Waals surface area contributed by atoms with E-state index in [4.69, 9.17) is 8.92 Å². The molecule has 2 rings (SSSR count). The van der Waals surface area contributed by atoms with Gasteiger partial charge in [0.1, 0.15) is 6.04 Å². The van der Waals surface area contributed by atoms with Gasteiger partial charge in [-0.2, -0.15) is 8.42 Å². The number of nitrogens with zero attached hydrogens (tertiary/aromatic N) is 1. The Bertz CT molecular complexity index is 450. The van der Waals surface area contributed by atoms with E-state index in [2.05, 4.69) is 4.90 Å². The number of ether oxygens (including phenoxy) is 1. The summed E-state index contributed by atoms with van der Waals surface area (Å²) in [7, 11) is -1.99. The van der Waals surface area contributed by atoms with Gasteiger partial charge in [-0.05, 0) is 38.1 Å². The second kappa shape index (κ2) is 6.41. The van der Waals surface area contributed by atoms with E-state index < -0.39 is 10.1 Å². The van der Waals surface area contributed by atoms with Crippen LogP contribution in [-0.4, -0.2) is 57.9 Å². The van der Waals surface area contributed by atoms with Crippen LogP contribution in [0.4, 0.5) is 0 Å². The lowest BCUT2D eigenvalue weighted by Gasteiger charge is -2.47. The predicted octanol–water partition coefficient (Wildman–Crippen LogP) is 0.769. The van der Waals surface area contributed by atoms with Crippen LogP contribution in [0.2, 0.25) is 0 Å². The van der Waals surface area contributed by atoms with E-state index in [0.29, 0.717) is 6.42 Å². The standard InChI is InChI=1S/C13H23NO5S/c1-18-13(15)12-7-6-10(9-19-20(2,16)17)11-5-3-4-8-14(11)12/h10-12H,3-9H2,1-2H3/t10-,11-,12-/m0/s1. The van der Waals surface area contributed by atoms with E-state index in [9.17, 15) is 13.2 Å². The number of methoxy groups -OCH3 is 1. The fraction of sp³-hybridized carbons (Fsp3) is 0.923. The molecule has 0 bridgehead atoms. The first-order chi connectivity index (χ1) is 9.42. The average Bonchev–Trinajstić information content (AvgIpc) is 2.43. The Morgan fingerprint density at radius 1 is 1.25 bits per heavy atom. The predicted molar refractivity (Wildman–Crippen MR) is 73.7 cm³/mol. The normalized spacial score (nSPS) is 31.6. The molecule has 0 spiro atoms. The van der Waals surface area contributed by atoms with Crippen molar-refractivity contribution in [2.24, 2.45) is 5.92 Å². The molecule has 116 valence electrons. The zero-order valence-corrected chi connectivity index (χ0v) is 12.9. The van der Waals surface area contributed by atoms with Crippen LogP contribution < -0.4 is 0 Å². The molecular weight excluding hydrogens is 282 g/mol. The molecule has 0 aliphatic carbocycles. The van der Waals surface area contributed by atoms with Gasteiger partial charge in [0.15, 0.2) is 0 Å². The summed E-state index contributed by atoms with van der Waals surface area (Å²) in [5.41, 5.74) is 0. The lowest BCUT2D eigenvalue weighted by atomic mass is 9.81. The van der Waals surface area contributed by atoms with Crippen LogP contribution >= 0.6 is 0 Å². The Labute approximate surface area is 120 Å². The van der Waals surface area contributed by atoms with Crippen LogP contribution in [-0.2, 0) is 23.8 Å². The molecule has 2 aliphatic rings. The molecule has 0 aromatic rings. The SMILES string of the molecule is COC(=O)[C@@H]1CC[C@@H](COS(C)(=O)=O)[C@@H]2CCCCN12. The molecule has 6 nitrogen and oxygen atoms in total. The Hall–Kier alpha value is -0.660. The first-order valence-electron chi connectivity index (χ1n) is 7.10.